The van der Waals surface area contributed by atoms with Gasteiger partial charge in [-0.25, -0.2) is 9.97 Å². The largest absolute Gasteiger partial charge is 0.478 e. The number of aryl methyl sites for hydroxylation is 1. The minimum Gasteiger partial charge on any atom is -0.478 e. The van der Waals surface area contributed by atoms with E-state index < -0.39 is 0 Å². The first kappa shape index (κ1) is 16.2. The molecule has 1 aromatic heterocycles. The Kier molecular flexibility index (Phi) is 4.93. The van der Waals surface area contributed by atoms with E-state index in [1.54, 1.807) is 19.5 Å². The first-order valence-corrected chi connectivity index (χ1v) is 8.15. The average Bonchev–Trinajstić information content (AvgIpc) is 2.63. The third kappa shape index (κ3) is 3.48. The second-order valence-electron chi connectivity index (χ2n) is 5.94. The van der Waals surface area contributed by atoms with Crippen LogP contribution in [-0.2, 0) is 0 Å². The molecule has 2 heterocycles. The van der Waals surface area contributed by atoms with E-state index in [1.165, 1.54) is 0 Å². The maximum atomic E-state index is 12.6. The summed E-state index contributed by atoms with van der Waals surface area (Å²) in [6.45, 7) is 3.43. The average molecular weight is 326 g/mol. The third-order valence-corrected chi connectivity index (χ3v) is 4.36. The Morgan fingerprint density at radius 2 is 1.92 bits per heavy atom. The topological polar surface area (TPSA) is 67.4 Å². The maximum absolute atomic E-state index is 12.6. The fourth-order valence-corrected chi connectivity index (χ4v) is 2.98. The fraction of sp³-hybridized carbons (Fsp3) is 0.389. The highest BCUT2D eigenvalue weighted by Gasteiger charge is 2.25. The number of carbonyl (C=O) groups is 1. The van der Waals surface area contributed by atoms with Crippen molar-refractivity contribution in [1.29, 1.82) is 0 Å². The molecule has 0 aliphatic carbocycles. The zero-order valence-corrected chi connectivity index (χ0v) is 14.0. The Balaban J connectivity index is 1.60. The number of ether oxygens (including phenoxy) is 1. The number of hydrogen-bond donors (Lipinski definition) is 1. The molecule has 0 atom stereocenters. The van der Waals surface area contributed by atoms with Gasteiger partial charge in [-0.2, -0.15) is 0 Å². The minimum atomic E-state index is 0.114. The summed E-state index contributed by atoms with van der Waals surface area (Å²) in [6, 6.07) is 8.00. The molecule has 1 fully saturated rings. The van der Waals surface area contributed by atoms with Crippen molar-refractivity contribution in [3.63, 3.8) is 0 Å². The van der Waals surface area contributed by atoms with E-state index in [1.807, 2.05) is 36.1 Å². The predicted octanol–water partition coefficient (Wildman–Crippen LogP) is 2.51. The molecule has 24 heavy (non-hydrogen) atoms. The Bertz CT molecular complexity index is 712. The maximum Gasteiger partial charge on any atom is 0.257 e. The molecule has 126 valence electrons. The van der Waals surface area contributed by atoms with Gasteiger partial charge in [-0.05, 0) is 31.4 Å². The summed E-state index contributed by atoms with van der Waals surface area (Å²) in [6.07, 6.45) is 4.99. The van der Waals surface area contributed by atoms with E-state index in [-0.39, 0.29) is 11.9 Å². The summed E-state index contributed by atoms with van der Waals surface area (Å²) < 4.78 is 5.22. The Hall–Kier alpha value is -2.63. The van der Waals surface area contributed by atoms with Gasteiger partial charge in [0.25, 0.3) is 11.8 Å². The zero-order valence-electron chi connectivity index (χ0n) is 14.0. The normalized spacial score (nSPS) is 15.2. The third-order valence-electron chi connectivity index (χ3n) is 4.36. The van der Waals surface area contributed by atoms with Crippen LogP contribution in [0.15, 0.2) is 36.7 Å². The molecule has 0 unspecified atom stereocenters. The second kappa shape index (κ2) is 7.29. The van der Waals surface area contributed by atoms with E-state index in [0.29, 0.717) is 11.7 Å². The summed E-state index contributed by atoms with van der Waals surface area (Å²) in [5, 5.41) is 3.37. The van der Waals surface area contributed by atoms with E-state index in [9.17, 15) is 4.79 Å². The molecule has 3 rings (SSSR count). The van der Waals surface area contributed by atoms with Gasteiger partial charge in [0.2, 0.25) is 0 Å². The van der Waals surface area contributed by atoms with Gasteiger partial charge >= 0.3 is 0 Å². The van der Waals surface area contributed by atoms with Crippen LogP contribution >= 0.6 is 0 Å². The van der Waals surface area contributed by atoms with Crippen LogP contribution < -0.4 is 10.1 Å². The smallest absolute Gasteiger partial charge is 0.257 e. The van der Waals surface area contributed by atoms with E-state index in [2.05, 4.69) is 15.3 Å². The second-order valence-corrected chi connectivity index (χ2v) is 5.94. The van der Waals surface area contributed by atoms with Gasteiger partial charge in [-0.1, -0.05) is 18.2 Å². The van der Waals surface area contributed by atoms with Gasteiger partial charge in [0, 0.05) is 37.1 Å². The molecule has 0 spiro atoms. The highest BCUT2D eigenvalue weighted by Crippen LogP contribution is 2.22. The number of aromatic nitrogens is 2. The van der Waals surface area contributed by atoms with Crippen LogP contribution in [0.1, 0.15) is 28.8 Å². The molecule has 1 aromatic carbocycles. The van der Waals surface area contributed by atoms with E-state index in [4.69, 9.17) is 4.74 Å². The monoisotopic (exact) mass is 326 g/mol. The highest BCUT2D eigenvalue weighted by atomic mass is 16.5. The number of likely N-dealkylation sites (tertiary alicyclic amines) is 1. The van der Waals surface area contributed by atoms with Crippen molar-refractivity contribution in [1.82, 2.24) is 14.9 Å². The number of piperidine rings is 1. The van der Waals surface area contributed by atoms with Crippen LogP contribution in [0.2, 0.25) is 0 Å². The number of nitrogens with zero attached hydrogens (tertiary/aromatic N) is 3. The number of carbonyl (C=O) groups excluding carboxylic acids is 1. The van der Waals surface area contributed by atoms with Crippen molar-refractivity contribution in [3.8, 4) is 5.88 Å². The number of hydrogen-bond acceptors (Lipinski definition) is 5. The fourth-order valence-electron chi connectivity index (χ4n) is 2.98. The van der Waals surface area contributed by atoms with Gasteiger partial charge in [0.05, 0.1) is 7.11 Å². The SMILES string of the molecule is COc1nccnc1NC1CCN(C(=O)c2ccccc2C)CC1. The van der Waals surface area contributed by atoms with Crippen molar-refractivity contribution in [3.05, 3.63) is 47.8 Å². The lowest BCUT2D eigenvalue weighted by Crippen LogP contribution is -2.42. The molecule has 0 bridgehead atoms. The molecule has 1 amide bonds. The van der Waals surface area contributed by atoms with Crippen molar-refractivity contribution >= 4 is 11.7 Å². The van der Waals surface area contributed by atoms with Crippen molar-refractivity contribution in [2.75, 3.05) is 25.5 Å². The highest BCUT2D eigenvalue weighted by molar-refractivity contribution is 5.95. The molecule has 1 saturated heterocycles. The zero-order chi connectivity index (χ0) is 16.9. The Labute approximate surface area is 141 Å². The van der Waals surface area contributed by atoms with Crippen molar-refractivity contribution in [2.45, 2.75) is 25.8 Å². The number of rotatable bonds is 4. The molecule has 2 aromatic rings. The lowest BCUT2D eigenvalue weighted by Gasteiger charge is -2.33. The van der Waals surface area contributed by atoms with Gasteiger partial charge in [0.15, 0.2) is 5.82 Å². The first-order chi connectivity index (χ1) is 11.7. The predicted molar refractivity (Wildman–Crippen MR) is 92.3 cm³/mol. The number of methoxy groups -OCH3 is 1. The van der Waals surface area contributed by atoms with Crippen molar-refractivity contribution < 1.29 is 9.53 Å². The van der Waals surface area contributed by atoms with Gasteiger partial charge < -0.3 is 15.0 Å². The Morgan fingerprint density at radius 1 is 1.21 bits per heavy atom. The molecule has 1 aliphatic heterocycles. The molecule has 1 N–H and O–H groups in total. The van der Waals surface area contributed by atoms with Crippen LogP contribution in [-0.4, -0.2) is 47.0 Å². The number of anilines is 1. The number of benzene rings is 1. The van der Waals surface area contributed by atoms with Gasteiger partial charge in [-0.3, -0.25) is 4.79 Å². The first-order valence-electron chi connectivity index (χ1n) is 8.15. The van der Waals surface area contributed by atoms with Crippen LogP contribution in [0.25, 0.3) is 0 Å². The molecular weight excluding hydrogens is 304 g/mol. The molecular formula is C18H22N4O2. The summed E-state index contributed by atoms with van der Waals surface area (Å²) in [7, 11) is 1.58. The van der Waals surface area contributed by atoms with E-state index >= 15 is 0 Å². The molecule has 6 heteroatoms. The van der Waals surface area contributed by atoms with Gasteiger partial charge in [-0.15, -0.1) is 0 Å². The summed E-state index contributed by atoms with van der Waals surface area (Å²) >= 11 is 0. The van der Waals surface area contributed by atoms with Crippen LogP contribution in [0.4, 0.5) is 5.82 Å². The molecule has 6 nitrogen and oxygen atoms in total. The Morgan fingerprint density at radius 3 is 2.62 bits per heavy atom. The van der Waals surface area contributed by atoms with Gasteiger partial charge in [0.1, 0.15) is 0 Å². The molecule has 0 saturated carbocycles. The van der Waals surface area contributed by atoms with Crippen LogP contribution in [0, 0.1) is 6.92 Å². The quantitative estimate of drug-likeness (QED) is 0.935. The lowest BCUT2D eigenvalue weighted by atomic mass is 10.0. The summed E-state index contributed by atoms with van der Waals surface area (Å²) in [5.74, 6) is 1.27. The van der Waals surface area contributed by atoms with Crippen LogP contribution in [0.5, 0.6) is 5.88 Å². The standard InChI is InChI=1S/C18H22N4O2/c1-13-5-3-4-6-15(13)18(23)22-11-7-14(8-12-22)21-16-17(24-2)20-10-9-19-16/h3-6,9-10,14H,7-8,11-12H2,1-2H3,(H,19,21). The lowest BCUT2D eigenvalue weighted by molar-refractivity contribution is 0.0717. The summed E-state index contributed by atoms with van der Waals surface area (Å²) in [5.41, 5.74) is 1.81. The van der Waals surface area contributed by atoms with Crippen molar-refractivity contribution in [2.24, 2.45) is 0 Å². The molecule has 1 aliphatic rings. The van der Waals surface area contributed by atoms with E-state index in [0.717, 1.165) is 37.1 Å². The van der Waals surface area contributed by atoms with Crippen LogP contribution in [0.3, 0.4) is 0 Å². The summed E-state index contributed by atoms with van der Waals surface area (Å²) in [4.78, 5) is 23.0. The molecule has 0 radical (unpaired) electrons. The number of nitrogens with one attached hydrogen (secondary N) is 1. The minimum absolute atomic E-state index is 0.114. The number of amides is 1.